The van der Waals surface area contributed by atoms with Crippen LogP contribution in [0.25, 0.3) is 21.5 Å². The van der Waals surface area contributed by atoms with E-state index >= 15 is 0 Å². The fourth-order valence-corrected chi connectivity index (χ4v) is 5.29. The summed E-state index contributed by atoms with van der Waals surface area (Å²) in [7, 11) is 1.60. The third kappa shape index (κ3) is 1.99. The Morgan fingerprint density at radius 1 is 0.967 bits per heavy atom. The van der Waals surface area contributed by atoms with Crippen LogP contribution >= 0.6 is 0 Å². The van der Waals surface area contributed by atoms with Crippen LogP contribution in [0.3, 0.4) is 0 Å². The molecule has 2 aliphatic rings. The number of ether oxygens (including phenoxy) is 2. The van der Waals surface area contributed by atoms with E-state index in [1.165, 1.54) is 0 Å². The molecular weight excluding hydrogens is 380 g/mol. The van der Waals surface area contributed by atoms with Crippen molar-refractivity contribution in [2.75, 3.05) is 7.11 Å². The largest absolute Gasteiger partial charge is 0.508 e. The number of fused-ring (bicyclic) bond motifs is 8. The topological polar surface area (TPSA) is 76.0 Å². The second kappa shape index (κ2) is 5.66. The highest BCUT2D eigenvalue weighted by molar-refractivity contribution is 6.15. The quantitative estimate of drug-likeness (QED) is 0.279. The molecule has 4 aromatic carbocycles. The second-order valence-corrected chi connectivity index (χ2v) is 7.98. The molecule has 5 nitrogen and oxygen atoms in total. The predicted molar refractivity (Wildman–Crippen MR) is 113 cm³/mol. The van der Waals surface area contributed by atoms with Crippen molar-refractivity contribution in [3.05, 3.63) is 71.3 Å². The Labute approximate surface area is 172 Å². The number of hydrogen-bond acceptors (Lipinski definition) is 5. The van der Waals surface area contributed by atoms with Crippen molar-refractivity contribution in [1.82, 2.24) is 0 Å². The molecule has 1 spiro atoms. The Balaban J connectivity index is 1.76. The maximum atomic E-state index is 13.3. The van der Waals surface area contributed by atoms with E-state index in [2.05, 4.69) is 0 Å². The predicted octanol–water partition coefficient (Wildman–Crippen LogP) is 4.56. The summed E-state index contributed by atoms with van der Waals surface area (Å²) >= 11 is 0. The minimum atomic E-state index is -0.895. The number of methoxy groups -OCH3 is 1. The van der Waals surface area contributed by atoms with Crippen LogP contribution in [0.5, 0.6) is 23.0 Å². The highest BCUT2D eigenvalue weighted by Crippen LogP contribution is 2.56. The van der Waals surface area contributed by atoms with E-state index in [9.17, 15) is 15.0 Å². The van der Waals surface area contributed by atoms with E-state index in [-0.39, 0.29) is 17.5 Å². The van der Waals surface area contributed by atoms with Crippen molar-refractivity contribution in [2.24, 2.45) is 0 Å². The summed E-state index contributed by atoms with van der Waals surface area (Å²) in [5, 5.41) is 23.4. The summed E-state index contributed by atoms with van der Waals surface area (Å²) in [6, 6.07) is 16.1. The molecule has 0 radical (unpaired) electrons. The first-order valence-corrected chi connectivity index (χ1v) is 9.84. The molecule has 0 aromatic heterocycles. The van der Waals surface area contributed by atoms with Gasteiger partial charge in [-0.2, -0.15) is 0 Å². The van der Waals surface area contributed by atoms with Crippen LogP contribution in [0.15, 0.2) is 54.6 Å². The Bertz CT molecular complexity index is 1400. The molecule has 1 heterocycles. The van der Waals surface area contributed by atoms with Gasteiger partial charge in [0.2, 0.25) is 0 Å². The van der Waals surface area contributed by atoms with Gasteiger partial charge in [-0.1, -0.05) is 18.2 Å². The number of phenolic OH excluding ortho intramolecular Hbond substituents is 2. The maximum Gasteiger partial charge on any atom is 0.326 e. The molecule has 5 heteroatoms. The zero-order valence-corrected chi connectivity index (χ0v) is 16.2. The van der Waals surface area contributed by atoms with Crippen LogP contribution < -0.4 is 9.47 Å². The highest BCUT2D eigenvalue weighted by atomic mass is 16.5. The number of benzene rings is 4. The molecule has 1 atom stereocenters. The smallest absolute Gasteiger partial charge is 0.326 e. The van der Waals surface area contributed by atoms with Crippen molar-refractivity contribution in [1.29, 1.82) is 0 Å². The summed E-state index contributed by atoms with van der Waals surface area (Å²) in [6.45, 7) is 0. The van der Waals surface area contributed by atoms with Gasteiger partial charge in [0.05, 0.1) is 7.11 Å². The summed E-state index contributed by atoms with van der Waals surface area (Å²) < 4.78 is 11.5. The van der Waals surface area contributed by atoms with E-state index in [0.717, 1.165) is 38.2 Å². The lowest BCUT2D eigenvalue weighted by Crippen LogP contribution is -2.32. The first-order valence-electron chi connectivity index (χ1n) is 9.84. The Hall–Kier alpha value is -3.73. The fourth-order valence-electron chi connectivity index (χ4n) is 5.29. The molecule has 1 aliphatic carbocycles. The van der Waals surface area contributed by atoms with Gasteiger partial charge in [0.25, 0.3) is 0 Å². The molecule has 0 saturated carbocycles. The number of esters is 1. The zero-order valence-electron chi connectivity index (χ0n) is 16.2. The summed E-state index contributed by atoms with van der Waals surface area (Å²) in [5.74, 6) is 1.24. The monoisotopic (exact) mass is 398 g/mol. The van der Waals surface area contributed by atoms with Gasteiger partial charge < -0.3 is 19.7 Å². The molecule has 1 aliphatic heterocycles. The Morgan fingerprint density at radius 3 is 2.57 bits per heavy atom. The van der Waals surface area contributed by atoms with E-state index in [4.69, 9.17) is 9.47 Å². The van der Waals surface area contributed by atoms with Crippen LogP contribution in [0.1, 0.15) is 23.1 Å². The first kappa shape index (κ1) is 17.2. The SMILES string of the molecule is COc1cc2c(c3ccc4cc(O)ccc4c13)[C@@]1(CCc3cc(O)ccc31)C(=O)O2. The standard InChI is InChI=1S/C25H18O5/c1-29-20-12-21-23(18-5-2-13-10-15(26)3-6-17(13)22(18)20)25(24(28)30-21)9-8-14-11-16(27)4-7-19(14)25/h2-7,10-12,26-27H,8-9H2,1H3/t25-/m0/s1. The van der Waals surface area contributed by atoms with Gasteiger partial charge in [0.1, 0.15) is 28.4 Å². The maximum absolute atomic E-state index is 13.3. The van der Waals surface area contributed by atoms with Crippen molar-refractivity contribution >= 4 is 27.5 Å². The van der Waals surface area contributed by atoms with Crippen LogP contribution in [0, 0.1) is 0 Å². The van der Waals surface area contributed by atoms with E-state index in [0.29, 0.717) is 24.3 Å². The van der Waals surface area contributed by atoms with Crippen molar-refractivity contribution in [3.63, 3.8) is 0 Å². The van der Waals surface area contributed by atoms with Crippen molar-refractivity contribution in [2.45, 2.75) is 18.3 Å². The number of carbonyl (C=O) groups is 1. The average molecular weight is 398 g/mol. The van der Waals surface area contributed by atoms with Gasteiger partial charge in [-0.15, -0.1) is 0 Å². The summed E-state index contributed by atoms with van der Waals surface area (Å²) in [6.07, 6.45) is 1.28. The lowest BCUT2D eigenvalue weighted by atomic mass is 9.74. The molecule has 0 fully saturated rings. The normalized spacial score (nSPS) is 19.3. The molecule has 2 N–H and O–H groups in total. The van der Waals surface area contributed by atoms with E-state index in [1.807, 2.05) is 24.3 Å². The number of aromatic hydroxyl groups is 2. The number of aryl methyl sites for hydroxylation is 1. The van der Waals surface area contributed by atoms with Crippen LogP contribution in [0.4, 0.5) is 0 Å². The number of hydrogen-bond donors (Lipinski definition) is 2. The zero-order chi connectivity index (χ0) is 20.6. The van der Waals surface area contributed by atoms with Gasteiger partial charge in [-0.05, 0) is 70.5 Å². The number of rotatable bonds is 1. The van der Waals surface area contributed by atoms with Crippen molar-refractivity contribution < 1.29 is 24.5 Å². The summed E-state index contributed by atoms with van der Waals surface area (Å²) in [5.41, 5.74) is 1.81. The van der Waals surface area contributed by atoms with Crippen LogP contribution in [-0.4, -0.2) is 23.3 Å². The van der Waals surface area contributed by atoms with Gasteiger partial charge in [0.15, 0.2) is 0 Å². The molecular formula is C25H18O5. The van der Waals surface area contributed by atoms with Gasteiger partial charge in [-0.25, -0.2) is 0 Å². The van der Waals surface area contributed by atoms with Gasteiger partial charge in [-0.3, -0.25) is 4.79 Å². The molecule has 30 heavy (non-hydrogen) atoms. The molecule has 0 saturated heterocycles. The van der Waals surface area contributed by atoms with Gasteiger partial charge in [0, 0.05) is 17.0 Å². The fraction of sp³-hybridized carbons (Fsp3) is 0.160. The minimum Gasteiger partial charge on any atom is -0.508 e. The van der Waals surface area contributed by atoms with E-state index < -0.39 is 5.41 Å². The van der Waals surface area contributed by atoms with Crippen LogP contribution in [0.2, 0.25) is 0 Å². The third-order valence-electron chi connectivity index (χ3n) is 6.54. The Morgan fingerprint density at radius 2 is 1.73 bits per heavy atom. The number of phenols is 2. The highest BCUT2D eigenvalue weighted by Gasteiger charge is 2.55. The molecule has 0 amide bonds. The van der Waals surface area contributed by atoms with E-state index in [1.54, 1.807) is 37.4 Å². The molecule has 148 valence electrons. The second-order valence-electron chi connectivity index (χ2n) is 7.98. The molecule has 0 unspecified atom stereocenters. The molecule has 0 bridgehead atoms. The first-order chi connectivity index (χ1) is 14.5. The average Bonchev–Trinajstić information content (AvgIpc) is 3.25. The van der Waals surface area contributed by atoms with Crippen LogP contribution in [-0.2, 0) is 16.6 Å². The summed E-state index contributed by atoms with van der Waals surface area (Å²) in [4.78, 5) is 13.3. The van der Waals surface area contributed by atoms with Gasteiger partial charge >= 0.3 is 5.97 Å². The third-order valence-corrected chi connectivity index (χ3v) is 6.54. The minimum absolute atomic E-state index is 0.196. The lowest BCUT2D eigenvalue weighted by Gasteiger charge is -2.23. The molecule has 4 aromatic rings. The Kier molecular flexibility index (Phi) is 3.24. The van der Waals surface area contributed by atoms with Crippen molar-refractivity contribution in [3.8, 4) is 23.0 Å². The lowest BCUT2D eigenvalue weighted by molar-refractivity contribution is -0.136. The molecule has 6 rings (SSSR count). The number of carbonyl (C=O) groups excluding carboxylic acids is 1.